The Kier molecular flexibility index (Phi) is 5.29. The molecule has 4 rings (SSSR count). The molecular weight excluding hydrogens is 342 g/mol. The minimum atomic E-state index is 0.278. The number of benzene rings is 1. The first kappa shape index (κ1) is 17.5. The Morgan fingerprint density at radius 1 is 1.19 bits per heavy atom. The van der Waals surface area contributed by atoms with Crippen LogP contribution in [-0.4, -0.2) is 45.0 Å². The topological polar surface area (TPSA) is 76.2 Å². The first-order valence-corrected chi connectivity index (χ1v) is 9.15. The first-order chi connectivity index (χ1) is 13.3. The Balaban J connectivity index is 1.53. The van der Waals surface area contributed by atoms with Crippen LogP contribution in [0.1, 0.15) is 30.1 Å². The number of aromatic nitrogens is 4. The lowest BCUT2D eigenvalue weighted by Gasteiger charge is -2.32. The number of nitrogens with zero attached hydrogens (tertiary/aromatic N) is 4. The molecule has 0 amide bonds. The van der Waals surface area contributed by atoms with E-state index in [1.165, 1.54) is 0 Å². The number of rotatable bonds is 6. The third-order valence-corrected chi connectivity index (χ3v) is 4.81. The van der Waals surface area contributed by atoms with Crippen molar-refractivity contribution < 1.29 is 9.47 Å². The molecule has 27 heavy (non-hydrogen) atoms. The van der Waals surface area contributed by atoms with E-state index in [0.29, 0.717) is 17.4 Å². The van der Waals surface area contributed by atoms with E-state index in [1.54, 1.807) is 25.8 Å². The van der Waals surface area contributed by atoms with Crippen LogP contribution in [0.25, 0.3) is 0 Å². The number of ether oxygens (including phenoxy) is 2. The summed E-state index contributed by atoms with van der Waals surface area (Å²) >= 11 is 0. The van der Waals surface area contributed by atoms with Gasteiger partial charge in [0, 0.05) is 43.3 Å². The van der Waals surface area contributed by atoms with E-state index in [2.05, 4.69) is 24.8 Å². The van der Waals surface area contributed by atoms with Crippen LogP contribution in [0.4, 0.5) is 0 Å². The summed E-state index contributed by atoms with van der Waals surface area (Å²) in [6.07, 6.45) is 9.18. The number of nitrogens with one attached hydrogen (secondary N) is 1. The van der Waals surface area contributed by atoms with Crippen LogP contribution in [0.5, 0.6) is 17.4 Å². The number of piperidine rings is 1. The van der Waals surface area contributed by atoms with Crippen molar-refractivity contribution in [3.63, 3.8) is 0 Å². The Hall–Kier alpha value is -2.93. The van der Waals surface area contributed by atoms with E-state index in [1.807, 2.05) is 30.5 Å². The van der Waals surface area contributed by atoms with Crippen molar-refractivity contribution in [1.29, 1.82) is 0 Å². The highest BCUT2D eigenvalue weighted by Gasteiger charge is 2.26. The van der Waals surface area contributed by atoms with Gasteiger partial charge in [-0.3, -0.25) is 9.88 Å². The van der Waals surface area contributed by atoms with Crippen molar-refractivity contribution in [1.82, 2.24) is 24.8 Å². The van der Waals surface area contributed by atoms with Crippen LogP contribution in [0.3, 0.4) is 0 Å². The molecule has 0 radical (unpaired) electrons. The zero-order valence-corrected chi connectivity index (χ0v) is 15.3. The largest absolute Gasteiger partial charge is 0.493 e. The van der Waals surface area contributed by atoms with Gasteiger partial charge in [-0.05, 0) is 31.5 Å². The van der Waals surface area contributed by atoms with Crippen LogP contribution in [-0.2, 0) is 6.54 Å². The van der Waals surface area contributed by atoms with Crippen LogP contribution >= 0.6 is 0 Å². The van der Waals surface area contributed by atoms with E-state index >= 15 is 0 Å². The molecule has 1 atom stereocenters. The number of hydrogen-bond donors (Lipinski definition) is 1. The van der Waals surface area contributed by atoms with Gasteiger partial charge in [-0.15, -0.1) is 0 Å². The predicted molar refractivity (Wildman–Crippen MR) is 101 cm³/mol. The van der Waals surface area contributed by atoms with E-state index < -0.39 is 0 Å². The van der Waals surface area contributed by atoms with Gasteiger partial charge in [-0.2, -0.15) is 0 Å². The second kappa shape index (κ2) is 8.18. The minimum Gasteiger partial charge on any atom is -0.493 e. The molecule has 3 heterocycles. The molecule has 7 heteroatoms. The zero-order valence-electron chi connectivity index (χ0n) is 15.3. The monoisotopic (exact) mass is 365 g/mol. The summed E-state index contributed by atoms with van der Waals surface area (Å²) < 4.78 is 11.5. The third kappa shape index (κ3) is 4.09. The lowest BCUT2D eigenvalue weighted by molar-refractivity contribution is 0.194. The van der Waals surface area contributed by atoms with Gasteiger partial charge in [0.1, 0.15) is 5.69 Å². The van der Waals surface area contributed by atoms with Gasteiger partial charge in [-0.25, -0.2) is 9.97 Å². The predicted octanol–water partition coefficient (Wildman–Crippen LogP) is 3.38. The molecule has 0 aliphatic carbocycles. The summed E-state index contributed by atoms with van der Waals surface area (Å²) in [7, 11) is 1.63. The van der Waals surface area contributed by atoms with Crippen molar-refractivity contribution in [2.45, 2.75) is 25.3 Å². The zero-order chi connectivity index (χ0) is 18.5. The quantitative estimate of drug-likeness (QED) is 0.722. The Morgan fingerprint density at radius 2 is 2.04 bits per heavy atom. The van der Waals surface area contributed by atoms with Gasteiger partial charge in [0.15, 0.2) is 11.5 Å². The SMILES string of the molecule is COc1ccccc1Oc1nccnc1C1CCCN(Cc2cnc[nH]2)C1. The Bertz CT molecular complexity index is 868. The van der Waals surface area contributed by atoms with Crippen molar-refractivity contribution in [3.8, 4) is 17.4 Å². The van der Waals surface area contributed by atoms with E-state index in [-0.39, 0.29) is 5.92 Å². The number of imidazole rings is 1. The molecule has 140 valence electrons. The number of hydrogen-bond acceptors (Lipinski definition) is 6. The van der Waals surface area contributed by atoms with Gasteiger partial charge < -0.3 is 14.5 Å². The average Bonchev–Trinajstić information content (AvgIpc) is 3.22. The maximum atomic E-state index is 6.09. The highest BCUT2D eigenvalue weighted by Crippen LogP contribution is 2.35. The Morgan fingerprint density at radius 3 is 2.85 bits per heavy atom. The highest BCUT2D eigenvalue weighted by atomic mass is 16.5. The molecule has 1 N–H and O–H groups in total. The molecule has 1 saturated heterocycles. The highest BCUT2D eigenvalue weighted by molar-refractivity contribution is 5.42. The lowest BCUT2D eigenvalue weighted by atomic mass is 9.94. The Labute approximate surface area is 158 Å². The standard InChI is InChI=1S/C20H23N5O2/c1-26-17-6-2-3-7-18(17)27-20-19(22-8-9-23-20)15-5-4-10-25(12-15)13-16-11-21-14-24-16/h2-3,6-9,11,14-15H,4-5,10,12-13H2,1H3,(H,21,24). The van der Waals surface area contributed by atoms with Gasteiger partial charge >= 0.3 is 0 Å². The lowest BCUT2D eigenvalue weighted by Crippen LogP contribution is -2.34. The number of para-hydroxylation sites is 2. The van der Waals surface area contributed by atoms with Gasteiger partial charge in [-0.1, -0.05) is 12.1 Å². The molecule has 3 aromatic rings. The maximum Gasteiger partial charge on any atom is 0.241 e. The van der Waals surface area contributed by atoms with Gasteiger partial charge in [0.05, 0.1) is 13.4 Å². The fraction of sp³-hybridized carbons (Fsp3) is 0.350. The molecule has 0 spiro atoms. The summed E-state index contributed by atoms with van der Waals surface area (Å²) in [4.78, 5) is 18.8. The first-order valence-electron chi connectivity index (χ1n) is 9.15. The second-order valence-electron chi connectivity index (χ2n) is 6.65. The van der Waals surface area contributed by atoms with E-state index in [4.69, 9.17) is 9.47 Å². The molecule has 1 aromatic carbocycles. The molecule has 7 nitrogen and oxygen atoms in total. The van der Waals surface area contributed by atoms with Crippen LogP contribution in [0.15, 0.2) is 49.2 Å². The van der Waals surface area contributed by atoms with E-state index in [9.17, 15) is 0 Å². The minimum absolute atomic E-state index is 0.278. The molecule has 0 saturated carbocycles. The number of likely N-dealkylation sites (tertiary alicyclic amines) is 1. The normalized spacial score (nSPS) is 17.6. The second-order valence-corrected chi connectivity index (χ2v) is 6.65. The molecular formula is C20H23N5O2. The maximum absolute atomic E-state index is 6.09. The summed E-state index contributed by atoms with van der Waals surface area (Å²) in [6.45, 7) is 2.85. The fourth-order valence-electron chi connectivity index (χ4n) is 3.54. The molecule has 1 unspecified atom stereocenters. The molecule has 2 aromatic heterocycles. The summed E-state index contributed by atoms with van der Waals surface area (Å²) in [5.74, 6) is 2.15. The third-order valence-electron chi connectivity index (χ3n) is 4.81. The fourth-order valence-corrected chi connectivity index (χ4v) is 3.54. The molecule has 0 bridgehead atoms. The summed E-state index contributed by atoms with van der Waals surface area (Å²) in [5, 5.41) is 0. The average molecular weight is 365 g/mol. The molecule has 1 aliphatic rings. The van der Waals surface area contributed by atoms with Crippen molar-refractivity contribution in [2.75, 3.05) is 20.2 Å². The van der Waals surface area contributed by atoms with Crippen molar-refractivity contribution in [3.05, 3.63) is 60.6 Å². The molecule has 1 fully saturated rings. The van der Waals surface area contributed by atoms with Crippen molar-refractivity contribution >= 4 is 0 Å². The smallest absolute Gasteiger partial charge is 0.241 e. The molecule has 1 aliphatic heterocycles. The van der Waals surface area contributed by atoms with Crippen molar-refractivity contribution in [2.24, 2.45) is 0 Å². The van der Waals surface area contributed by atoms with Gasteiger partial charge in [0.2, 0.25) is 5.88 Å². The number of aromatic amines is 1. The summed E-state index contributed by atoms with van der Waals surface area (Å²) in [5.41, 5.74) is 2.03. The number of methoxy groups -OCH3 is 1. The van der Waals surface area contributed by atoms with Crippen LogP contribution < -0.4 is 9.47 Å². The van der Waals surface area contributed by atoms with Crippen LogP contribution in [0, 0.1) is 0 Å². The van der Waals surface area contributed by atoms with Crippen LogP contribution in [0.2, 0.25) is 0 Å². The van der Waals surface area contributed by atoms with Gasteiger partial charge in [0.25, 0.3) is 0 Å². The van der Waals surface area contributed by atoms with E-state index in [0.717, 1.165) is 43.9 Å². The summed E-state index contributed by atoms with van der Waals surface area (Å²) in [6, 6.07) is 7.58. The number of H-pyrrole nitrogens is 1.